The Morgan fingerprint density at radius 2 is 1.83 bits per heavy atom. The predicted molar refractivity (Wildman–Crippen MR) is 91.5 cm³/mol. The van der Waals surface area contributed by atoms with Gasteiger partial charge in [0, 0.05) is 5.56 Å². The SMILES string of the molecule is Cc1cc(OC(=O)C2CCCCC2)c2c3c(c(=O)oc2c1)CCC3. The van der Waals surface area contributed by atoms with Crippen LogP contribution >= 0.6 is 0 Å². The van der Waals surface area contributed by atoms with Crippen molar-refractivity contribution in [3.8, 4) is 5.75 Å². The van der Waals surface area contributed by atoms with Gasteiger partial charge in [0.05, 0.1) is 11.3 Å². The van der Waals surface area contributed by atoms with Crippen molar-refractivity contribution in [3.05, 3.63) is 39.2 Å². The van der Waals surface area contributed by atoms with Crippen molar-refractivity contribution in [2.45, 2.75) is 58.3 Å². The van der Waals surface area contributed by atoms with Crippen LogP contribution in [0.3, 0.4) is 0 Å². The molecule has 0 N–H and O–H groups in total. The smallest absolute Gasteiger partial charge is 0.339 e. The van der Waals surface area contributed by atoms with Gasteiger partial charge in [0.1, 0.15) is 11.3 Å². The van der Waals surface area contributed by atoms with Crippen molar-refractivity contribution >= 4 is 16.9 Å². The second-order valence-electron chi connectivity index (χ2n) is 7.09. The third-order valence-corrected chi connectivity index (χ3v) is 5.33. The minimum absolute atomic E-state index is 0.00178. The van der Waals surface area contributed by atoms with Crippen molar-refractivity contribution in [3.63, 3.8) is 0 Å². The van der Waals surface area contributed by atoms with Gasteiger partial charge in [-0.3, -0.25) is 4.79 Å². The topological polar surface area (TPSA) is 56.5 Å². The van der Waals surface area contributed by atoms with E-state index in [9.17, 15) is 9.59 Å². The number of esters is 1. The third-order valence-electron chi connectivity index (χ3n) is 5.33. The quantitative estimate of drug-likeness (QED) is 0.474. The van der Waals surface area contributed by atoms with Crippen LogP contribution in [0.4, 0.5) is 0 Å². The summed E-state index contributed by atoms with van der Waals surface area (Å²) in [6, 6.07) is 3.74. The molecule has 24 heavy (non-hydrogen) atoms. The van der Waals surface area contributed by atoms with Crippen LogP contribution in [-0.4, -0.2) is 5.97 Å². The van der Waals surface area contributed by atoms with Crippen LogP contribution < -0.4 is 10.4 Å². The summed E-state index contributed by atoms with van der Waals surface area (Å²) in [5.41, 5.74) is 2.97. The number of carbonyl (C=O) groups excluding carboxylic acids is 1. The largest absolute Gasteiger partial charge is 0.426 e. The molecule has 1 fully saturated rings. The van der Waals surface area contributed by atoms with Crippen molar-refractivity contribution < 1.29 is 13.9 Å². The second-order valence-corrected chi connectivity index (χ2v) is 7.09. The van der Waals surface area contributed by atoms with Gasteiger partial charge in [0.2, 0.25) is 0 Å². The Morgan fingerprint density at radius 1 is 1.08 bits per heavy atom. The number of ether oxygens (including phenoxy) is 1. The highest BCUT2D eigenvalue weighted by molar-refractivity contribution is 5.91. The highest BCUT2D eigenvalue weighted by Gasteiger charge is 2.26. The van der Waals surface area contributed by atoms with E-state index in [1.807, 2.05) is 19.1 Å². The minimum atomic E-state index is -0.245. The first-order valence-corrected chi connectivity index (χ1v) is 8.94. The lowest BCUT2D eigenvalue weighted by atomic mass is 9.89. The molecule has 0 spiro atoms. The zero-order valence-electron chi connectivity index (χ0n) is 14.0. The lowest BCUT2D eigenvalue weighted by Gasteiger charge is -2.20. The van der Waals surface area contributed by atoms with Crippen LogP contribution in [0.15, 0.2) is 21.3 Å². The van der Waals surface area contributed by atoms with E-state index in [1.54, 1.807) is 0 Å². The Hall–Kier alpha value is -2.10. The number of rotatable bonds is 2. The molecule has 0 bridgehead atoms. The van der Waals surface area contributed by atoms with Gasteiger partial charge in [-0.25, -0.2) is 4.79 Å². The normalized spacial score (nSPS) is 17.9. The molecule has 4 rings (SSSR count). The molecular formula is C20H22O4. The van der Waals surface area contributed by atoms with Gasteiger partial charge in [-0.15, -0.1) is 0 Å². The van der Waals surface area contributed by atoms with Crippen LogP contribution in [-0.2, 0) is 17.6 Å². The summed E-state index contributed by atoms with van der Waals surface area (Å²) in [4.78, 5) is 24.7. The van der Waals surface area contributed by atoms with E-state index < -0.39 is 0 Å². The molecule has 4 nitrogen and oxygen atoms in total. The minimum Gasteiger partial charge on any atom is -0.426 e. The Balaban J connectivity index is 1.78. The molecular weight excluding hydrogens is 304 g/mol. The Bertz CT molecular complexity index is 856. The molecule has 1 aromatic carbocycles. The van der Waals surface area contributed by atoms with E-state index in [0.717, 1.165) is 67.0 Å². The van der Waals surface area contributed by atoms with Gasteiger partial charge in [-0.05, 0) is 62.3 Å². The molecule has 2 aliphatic carbocycles. The van der Waals surface area contributed by atoms with Gasteiger partial charge in [-0.1, -0.05) is 19.3 Å². The molecule has 0 unspecified atom stereocenters. The molecule has 2 aliphatic rings. The Labute approximate surface area is 140 Å². The van der Waals surface area contributed by atoms with E-state index in [0.29, 0.717) is 11.3 Å². The summed E-state index contributed by atoms with van der Waals surface area (Å²) in [5, 5.41) is 0.817. The highest BCUT2D eigenvalue weighted by atomic mass is 16.5. The van der Waals surface area contributed by atoms with E-state index in [-0.39, 0.29) is 17.5 Å². The number of fused-ring (bicyclic) bond motifs is 3. The maximum atomic E-state index is 12.6. The van der Waals surface area contributed by atoms with Crippen molar-refractivity contribution in [2.75, 3.05) is 0 Å². The average Bonchev–Trinajstić information content (AvgIpc) is 3.05. The maximum absolute atomic E-state index is 12.6. The molecule has 0 saturated heterocycles. The molecule has 4 heteroatoms. The highest BCUT2D eigenvalue weighted by Crippen LogP contribution is 2.36. The Morgan fingerprint density at radius 3 is 2.62 bits per heavy atom. The van der Waals surface area contributed by atoms with E-state index in [2.05, 4.69) is 0 Å². The second kappa shape index (κ2) is 6.08. The molecule has 1 heterocycles. The van der Waals surface area contributed by atoms with E-state index in [4.69, 9.17) is 9.15 Å². The Kier molecular flexibility index (Phi) is 3.91. The number of aryl methyl sites for hydroxylation is 2. The van der Waals surface area contributed by atoms with Crippen LogP contribution in [0.2, 0.25) is 0 Å². The number of benzene rings is 1. The van der Waals surface area contributed by atoms with Crippen LogP contribution in [0, 0.1) is 12.8 Å². The predicted octanol–water partition coefficient (Wildman–Crippen LogP) is 4.08. The van der Waals surface area contributed by atoms with Gasteiger partial charge < -0.3 is 9.15 Å². The third kappa shape index (κ3) is 2.64. The summed E-state index contributed by atoms with van der Waals surface area (Å²) in [7, 11) is 0. The summed E-state index contributed by atoms with van der Waals surface area (Å²) >= 11 is 0. The number of hydrogen-bond donors (Lipinski definition) is 0. The van der Waals surface area contributed by atoms with Gasteiger partial charge in [0.15, 0.2) is 0 Å². The molecule has 126 valence electrons. The summed E-state index contributed by atoms with van der Waals surface area (Å²) in [6.45, 7) is 1.92. The van der Waals surface area contributed by atoms with Gasteiger partial charge >= 0.3 is 11.6 Å². The lowest BCUT2D eigenvalue weighted by Crippen LogP contribution is -2.23. The molecule has 0 aliphatic heterocycles. The van der Waals surface area contributed by atoms with Crippen molar-refractivity contribution in [2.24, 2.45) is 5.92 Å². The van der Waals surface area contributed by atoms with Gasteiger partial charge in [-0.2, -0.15) is 0 Å². The van der Waals surface area contributed by atoms with Crippen molar-refractivity contribution in [1.29, 1.82) is 0 Å². The molecule has 0 amide bonds. The lowest BCUT2D eigenvalue weighted by molar-refractivity contribution is -0.139. The van der Waals surface area contributed by atoms with Crippen LogP contribution in [0.25, 0.3) is 11.0 Å². The monoisotopic (exact) mass is 326 g/mol. The van der Waals surface area contributed by atoms with Crippen LogP contribution in [0.1, 0.15) is 55.2 Å². The zero-order chi connectivity index (χ0) is 16.7. The molecule has 0 atom stereocenters. The van der Waals surface area contributed by atoms with Crippen molar-refractivity contribution in [1.82, 2.24) is 0 Å². The average molecular weight is 326 g/mol. The van der Waals surface area contributed by atoms with Crippen LogP contribution in [0.5, 0.6) is 5.75 Å². The number of carbonyl (C=O) groups is 1. The number of hydrogen-bond acceptors (Lipinski definition) is 4. The summed E-state index contributed by atoms with van der Waals surface area (Å²) < 4.78 is 11.3. The molecule has 2 aromatic rings. The first kappa shape index (κ1) is 15.4. The van der Waals surface area contributed by atoms with E-state index in [1.165, 1.54) is 6.42 Å². The fraction of sp³-hybridized carbons (Fsp3) is 0.500. The van der Waals surface area contributed by atoms with Gasteiger partial charge in [0.25, 0.3) is 0 Å². The fourth-order valence-electron chi connectivity index (χ4n) is 4.12. The summed E-state index contributed by atoms with van der Waals surface area (Å²) in [6.07, 6.45) is 7.76. The molecule has 0 radical (unpaired) electrons. The maximum Gasteiger partial charge on any atom is 0.339 e. The van der Waals surface area contributed by atoms with E-state index >= 15 is 0 Å². The molecule has 1 saturated carbocycles. The summed E-state index contributed by atoms with van der Waals surface area (Å²) in [5.74, 6) is 0.417. The molecule has 1 aromatic heterocycles. The standard InChI is InChI=1S/C20H22O4/c1-12-10-16(23-19(21)13-6-3-2-4-7-13)18-14-8-5-9-15(14)20(22)24-17(18)11-12/h10-11,13H,2-9H2,1H3. The fourth-order valence-corrected chi connectivity index (χ4v) is 4.12. The zero-order valence-corrected chi connectivity index (χ0v) is 14.0. The first-order chi connectivity index (χ1) is 11.6. The first-order valence-electron chi connectivity index (χ1n) is 8.94.